The van der Waals surface area contributed by atoms with Crippen molar-refractivity contribution in [2.75, 3.05) is 0 Å². The van der Waals surface area contributed by atoms with Gasteiger partial charge in [0.25, 0.3) is 0 Å². The average molecular weight is 213 g/mol. The number of hydrogen-bond acceptors (Lipinski definition) is 2. The highest BCUT2D eigenvalue weighted by Crippen LogP contribution is 2.22. The molecule has 1 heterocycles. The van der Waals surface area contributed by atoms with Crippen molar-refractivity contribution in [3.8, 4) is 0 Å². The molecule has 0 unspecified atom stereocenters. The van der Waals surface area contributed by atoms with Crippen LogP contribution in [0.2, 0.25) is 0 Å². The first-order valence-corrected chi connectivity index (χ1v) is 5.53. The molecule has 1 aromatic heterocycles. The summed E-state index contributed by atoms with van der Waals surface area (Å²) in [5, 5.41) is 0.970. The number of pyridine rings is 1. The van der Waals surface area contributed by atoms with Gasteiger partial charge in [0.05, 0.1) is 5.52 Å². The molecule has 2 heteroatoms. The molecule has 0 saturated heterocycles. The number of rotatable bonds is 2. The zero-order valence-corrected chi connectivity index (χ0v) is 9.87. The molecular formula is C14H15NO. The lowest BCUT2D eigenvalue weighted by atomic mass is 10.0. The van der Waals surface area contributed by atoms with Crippen LogP contribution < -0.4 is 0 Å². The summed E-state index contributed by atoms with van der Waals surface area (Å²) in [6, 6.07) is 7.89. The molecule has 0 aliphatic rings. The Morgan fingerprint density at radius 3 is 2.75 bits per heavy atom. The van der Waals surface area contributed by atoms with Crippen LogP contribution in [0.15, 0.2) is 24.3 Å². The lowest BCUT2D eigenvalue weighted by Gasteiger charge is -2.08. The number of para-hydroxylation sites is 1. The van der Waals surface area contributed by atoms with Crippen LogP contribution in [0, 0.1) is 6.92 Å². The number of aromatic nitrogens is 1. The molecule has 0 aliphatic heterocycles. The fourth-order valence-corrected chi connectivity index (χ4v) is 2.01. The third-order valence-corrected chi connectivity index (χ3v) is 2.81. The number of benzene rings is 1. The van der Waals surface area contributed by atoms with Crippen LogP contribution in [0.5, 0.6) is 0 Å². The van der Waals surface area contributed by atoms with Crippen molar-refractivity contribution in [3.05, 3.63) is 41.1 Å². The summed E-state index contributed by atoms with van der Waals surface area (Å²) in [6.45, 7) is 5.64. The molecule has 2 aromatic rings. The summed E-state index contributed by atoms with van der Waals surface area (Å²) >= 11 is 0. The Morgan fingerprint density at radius 2 is 2.12 bits per heavy atom. The Kier molecular flexibility index (Phi) is 2.73. The van der Waals surface area contributed by atoms with E-state index in [2.05, 4.69) is 18.0 Å². The largest absolute Gasteiger partial charge is 0.294 e. The number of Topliss-reactive ketones (excluding diaryl/α,β-unsaturated/α-hetero) is 1. The quantitative estimate of drug-likeness (QED) is 0.716. The number of aryl methyl sites for hydroxylation is 2. The summed E-state index contributed by atoms with van der Waals surface area (Å²) in [5.41, 5.74) is 3.84. The lowest BCUT2D eigenvalue weighted by molar-refractivity contribution is 0.101. The van der Waals surface area contributed by atoms with Crippen molar-refractivity contribution in [2.24, 2.45) is 0 Å². The maximum absolute atomic E-state index is 11.6. The van der Waals surface area contributed by atoms with Gasteiger partial charge >= 0.3 is 0 Å². The van der Waals surface area contributed by atoms with Gasteiger partial charge in [-0.1, -0.05) is 25.1 Å². The molecule has 0 spiro atoms. The normalized spacial score (nSPS) is 10.7. The summed E-state index contributed by atoms with van der Waals surface area (Å²) < 4.78 is 0. The van der Waals surface area contributed by atoms with Gasteiger partial charge in [0.2, 0.25) is 0 Å². The molecule has 0 fully saturated rings. The lowest BCUT2D eigenvalue weighted by Crippen LogP contribution is -1.99. The van der Waals surface area contributed by atoms with E-state index >= 15 is 0 Å². The van der Waals surface area contributed by atoms with Crippen LogP contribution in [-0.2, 0) is 6.42 Å². The summed E-state index contributed by atoms with van der Waals surface area (Å²) in [6.07, 6.45) is 0.936. The molecule has 0 atom stereocenters. The Balaban J connectivity index is 2.88. The maximum Gasteiger partial charge on any atom is 0.160 e. The van der Waals surface area contributed by atoms with Crippen molar-refractivity contribution in [2.45, 2.75) is 27.2 Å². The third kappa shape index (κ3) is 1.71. The minimum atomic E-state index is 0.101. The molecule has 0 saturated carbocycles. The number of ketones is 1. The number of nitrogens with zero attached hydrogens (tertiary/aromatic N) is 1. The number of carbonyl (C=O) groups excluding carboxylic acids is 1. The van der Waals surface area contributed by atoms with Gasteiger partial charge in [0, 0.05) is 16.6 Å². The van der Waals surface area contributed by atoms with E-state index in [-0.39, 0.29) is 5.78 Å². The molecule has 0 amide bonds. The molecule has 16 heavy (non-hydrogen) atoms. The second-order valence-corrected chi connectivity index (χ2v) is 4.03. The minimum Gasteiger partial charge on any atom is -0.294 e. The van der Waals surface area contributed by atoms with Crippen molar-refractivity contribution in [1.82, 2.24) is 4.98 Å². The molecule has 0 bridgehead atoms. The number of fused-ring (bicyclic) bond motifs is 1. The fourth-order valence-electron chi connectivity index (χ4n) is 2.01. The standard InChI is InChI=1S/C14H15NO/c1-4-11-6-5-7-12-13(10(3)16)8-9(2)15-14(11)12/h5-8H,4H2,1-3H3. The highest BCUT2D eigenvalue weighted by atomic mass is 16.1. The van der Waals surface area contributed by atoms with E-state index in [1.54, 1.807) is 6.92 Å². The minimum absolute atomic E-state index is 0.101. The molecule has 0 radical (unpaired) electrons. The van der Waals surface area contributed by atoms with Crippen LogP contribution in [0.3, 0.4) is 0 Å². The Bertz CT molecular complexity index is 558. The van der Waals surface area contributed by atoms with Gasteiger partial charge in [-0.05, 0) is 31.9 Å². The monoisotopic (exact) mass is 213 g/mol. The molecule has 1 aromatic carbocycles. The molecule has 2 nitrogen and oxygen atoms in total. The maximum atomic E-state index is 11.6. The summed E-state index contributed by atoms with van der Waals surface area (Å²) in [5.74, 6) is 0.101. The first-order valence-electron chi connectivity index (χ1n) is 5.53. The van der Waals surface area contributed by atoms with E-state index < -0.39 is 0 Å². The van der Waals surface area contributed by atoms with E-state index in [1.165, 1.54) is 5.56 Å². The van der Waals surface area contributed by atoms with Crippen LogP contribution >= 0.6 is 0 Å². The van der Waals surface area contributed by atoms with Gasteiger partial charge in [-0.25, -0.2) is 0 Å². The molecule has 0 N–H and O–H groups in total. The Labute approximate surface area is 95.3 Å². The van der Waals surface area contributed by atoms with Gasteiger partial charge < -0.3 is 0 Å². The fraction of sp³-hybridized carbons (Fsp3) is 0.286. The van der Waals surface area contributed by atoms with E-state index in [0.717, 1.165) is 28.6 Å². The van der Waals surface area contributed by atoms with E-state index in [1.807, 2.05) is 25.1 Å². The highest BCUT2D eigenvalue weighted by molar-refractivity contribution is 6.06. The number of carbonyl (C=O) groups is 1. The van der Waals surface area contributed by atoms with Gasteiger partial charge in [0.1, 0.15) is 0 Å². The zero-order chi connectivity index (χ0) is 11.7. The van der Waals surface area contributed by atoms with Crippen molar-refractivity contribution >= 4 is 16.7 Å². The van der Waals surface area contributed by atoms with Gasteiger partial charge in [-0.3, -0.25) is 9.78 Å². The summed E-state index contributed by atoms with van der Waals surface area (Å²) in [4.78, 5) is 16.1. The predicted octanol–water partition coefficient (Wildman–Crippen LogP) is 3.31. The van der Waals surface area contributed by atoms with E-state index in [4.69, 9.17) is 0 Å². The topological polar surface area (TPSA) is 30.0 Å². The second kappa shape index (κ2) is 4.05. The second-order valence-electron chi connectivity index (χ2n) is 4.03. The third-order valence-electron chi connectivity index (χ3n) is 2.81. The van der Waals surface area contributed by atoms with E-state index in [9.17, 15) is 4.79 Å². The average Bonchev–Trinajstić information content (AvgIpc) is 2.27. The van der Waals surface area contributed by atoms with Crippen LogP contribution in [0.1, 0.15) is 35.5 Å². The van der Waals surface area contributed by atoms with Crippen molar-refractivity contribution in [3.63, 3.8) is 0 Å². The van der Waals surface area contributed by atoms with Crippen LogP contribution in [0.25, 0.3) is 10.9 Å². The van der Waals surface area contributed by atoms with Crippen LogP contribution in [0.4, 0.5) is 0 Å². The first kappa shape index (κ1) is 10.8. The highest BCUT2D eigenvalue weighted by Gasteiger charge is 2.09. The molecule has 0 aliphatic carbocycles. The SMILES string of the molecule is CCc1cccc2c(C(C)=O)cc(C)nc12. The smallest absolute Gasteiger partial charge is 0.160 e. The van der Waals surface area contributed by atoms with E-state index in [0.29, 0.717) is 0 Å². The summed E-state index contributed by atoms with van der Waals surface area (Å²) in [7, 11) is 0. The van der Waals surface area contributed by atoms with Gasteiger partial charge in [-0.2, -0.15) is 0 Å². The van der Waals surface area contributed by atoms with Gasteiger partial charge in [-0.15, -0.1) is 0 Å². The predicted molar refractivity (Wildman–Crippen MR) is 65.9 cm³/mol. The van der Waals surface area contributed by atoms with Crippen molar-refractivity contribution < 1.29 is 4.79 Å². The first-order chi connectivity index (χ1) is 7.63. The number of hydrogen-bond donors (Lipinski definition) is 0. The Morgan fingerprint density at radius 1 is 1.38 bits per heavy atom. The zero-order valence-electron chi connectivity index (χ0n) is 9.87. The molecule has 82 valence electrons. The molecule has 2 rings (SSSR count). The Hall–Kier alpha value is -1.70. The van der Waals surface area contributed by atoms with Crippen molar-refractivity contribution in [1.29, 1.82) is 0 Å². The molecular weight excluding hydrogens is 198 g/mol. The van der Waals surface area contributed by atoms with Crippen LogP contribution in [-0.4, -0.2) is 10.8 Å². The van der Waals surface area contributed by atoms with Gasteiger partial charge in [0.15, 0.2) is 5.78 Å².